The van der Waals surface area contributed by atoms with Crippen LogP contribution in [0.4, 0.5) is 5.13 Å². The monoisotopic (exact) mass is 441 g/mol. The van der Waals surface area contributed by atoms with E-state index in [1.54, 1.807) is 11.3 Å². The van der Waals surface area contributed by atoms with E-state index in [1.807, 2.05) is 41.8 Å². The molecule has 1 amide bonds. The maximum absolute atomic E-state index is 12.6. The highest BCUT2D eigenvalue weighted by Gasteiger charge is 2.22. The zero-order chi connectivity index (χ0) is 20.8. The normalized spacial score (nSPS) is 14.3. The zero-order valence-corrected chi connectivity index (χ0v) is 18.9. The van der Waals surface area contributed by atoms with Gasteiger partial charge < -0.3 is 14.5 Å². The minimum absolute atomic E-state index is 0.272. The fourth-order valence-electron chi connectivity index (χ4n) is 3.52. The molecule has 0 spiro atoms. The molecule has 0 radical (unpaired) electrons. The average molecular weight is 442 g/mol. The highest BCUT2D eigenvalue weighted by atomic mass is 32.2. The minimum atomic E-state index is 0.272. The number of hydrogen-bond acceptors (Lipinski definition) is 6. The van der Waals surface area contributed by atoms with Crippen molar-refractivity contribution in [2.24, 2.45) is 0 Å². The molecule has 0 bridgehead atoms. The average Bonchev–Trinajstić information content (AvgIpc) is 3.21. The first kappa shape index (κ1) is 21.0. The van der Waals surface area contributed by atoms with Gasteiger partial charge in [0.05, 0.1) is 16.8 Å². The van der Waals surface area contributed by atoms with Gasteiger partial charge in [-0.1, -0.05) is 29.5 Å². The molecule has 0 N–H and O–H groups in total. The van der Waals surface area contributed by atoms with Crippen molar-refractivity contribution in [3.05, 3.63) is 48.5 Å². The van der Waals surface area contributed by atoms with Crippen LogP contribution in [0.5, 0.6) is 5.75 Å². The maximum atomic E-state index is 12.6. The van der Waals surface area contributed by atoms with E-state index in [1.165, 1.54) is 4.90 Å². The van der Waals surface area contributed by atoms with Gasteiger partial charge in [0.15, 0.2) is 5.13 Å². The molecule has 1 fully saturated rings. The highest BCUT2D eigenvalue weighted by Crippen LogP contribution is 2.32. The Morgan fingerprint density at radius 1 is 1.13 bits per heavy atom. The van der Waals surface area contributed by atoms with Gasteiger partial charge in [0.1, 0.15) is 5.75 Å². The second-order valence-corrected chi connectivity index (χ2v) is 9.37. The predicted molar refractivity (Wildman–Crippen MR) is 126 cm³/mol. The van der Waals surface area contributed by atoms with E-state index in [9.17, 15) is 4.79 Å². The van der Waals surface area contributed by atoms with Gasteiger partial charge in [0.2, 0.25) is 5.91 Å². The molecule has 1 aliphatic heterocycles. The second-order valence-electron chi connectivity index (χ2n) is 7.19. The number of benzene rings is 2. The van der Waals surface area contributed by atoms with Crippen molar-refractivity contribution >= 4 is 44.4 Å². The number of amides is 1. The molecule has 3 aromatic rings. The van der Waals surface area contributed by atoms with Crippen LogP contribution in [0.15, 0.2) is 53.4 Å². The third-order valence-electron chi connectivity index (χ3n) is 5.11. The quantitative estimate of drug-likeness (QED) is 0.367. The molecule has 5 nitrogen and oxygen atoms in total. The Bertz CT molecular complexity index is 969. The molecule has 7 heteroatoms. The Kier molecular flexibility index (Phi) is 7.12. The molecule has 30 heavy (non-hydrogen) atoms. The van der Waals surface area contributed by atoms with Gasteiger partial charge in [-0.15, -0.1) is 11.8 Å². The number of rotatable bonds is 8. The number of nitrogens with zero attached hydrogens (tertiary/aromatic N) is 3. The highest BCUT2D eigenvalue weighted by molar-refractivity contribution is 7.99. The summed E-state index contributed by atoms with van der Waals surface area (Å²) >= 11 is 3.51. The summed E-state index contributed by atoms with van der Waals surface area (Å²) in [6.45, 7) is 5.87. The first-order valence-electron chi connectivity index (χ1n) is 10.5. The number of fused-ring (bicyclic) bond motifs is 1. The van der Waals surface area contributed by atoms with Crippen LogP contribution in [0.1, 0.15) is 19.8 Å². The molecule has 0 unspecified atom stereocenters. The standard InChI is InChI=1S/C23H27N3O2S2/c1-2-28-18-10-11-20-21(17-18)30-23(24-20)26-14-12-25(13-15-26)22(27)9-6-16-29-19-7-4-3-5-8-19/h3-5,7-8,10-11,17H,2,6,9,12-16H2,1H3. The van der Waals surface area contributed by atoms with Gasteiger partial charge in [0.25, 0.3) is 0 Å². The summed E-state index contributed by atoms with van der Waals surface area (Å²) in [6, 6.07) is 16.4. The number of ether oxygens (including phenoxy) is 1. The Morgan fingerprint density at radius 2 is 1.93 bits per heavy atom. The smallest absolute Gasteiger partial charge is 0.222 e. The number of aromatic nitrogens is 1. The number of piperazine rings is 1. The van der Waals surface area contributed by atoms with E-state index in [-0.39, 0.29) is 5.91 Å². The first-order valence-corrected chi connectivity index (χ1v) is 12.3. The molecule has 2 heterocycles. The molecule has 1 aromatic heterocycles. The van der Waals surface area contributed by atoms with Crippen molar-refractivity contribution in [3.63, 3.8) is 0 Å². The van der Waals surface area contributed by atoms with Gasteiger partial charge >= 0.3 is 0 Å². The number of carbonyl (C=O) groups excluding carboxylic acids is 1. The topological polar surface area (TPSA) is 45.7 Å². The van der Waals surface area contributed by atoms with Gasteiger partial charge in [-0.05, 0) is 49.4 Å². The lowest BCUT2D eigenvalue weighted by molar-refractivity contribution is -0.131. The SMILES string of the molecule is CCOc1ccc2nc(N3CCN(C(=O)CCCSc4ccccc4)CC3)sc2c1. The van der Waals surface area contributed by atoms with Crippen molar-refractivity contribution < 1.29 is 9.53 Å². The number of anilines is 1. The van der Waals surface area contributed by atoms with E-state index >= 15 is 0 Å². The fraction of sp³-hybridized carbons (Fsp3) is 0.391. The molecule has 1 saturated heterocycles. The van der Waals surface area contributed by atoms with Crippen molar-refractivity contribution in [1.82, 2.24) is 9.88 Å². The molecule has 0 saturated carbocycles. The molecule has 1 aliphatic rings. The van der Waals surface area contributed by atoms with Crippen LogP contribution in [-0.2, 0) is 4.79 Å². The van der Waals surface area contributed by atoms with E-state index in [4.69, 9.17) is 9.72 Å². The summed E-state index contributed by atoms with van der Waals surface area (Å²) in [6.07, 6.45) is 1.54. The predicted octanol–water partition coefficient (Wildman–Crippen LogP) is 4.92. The fourth-order valence-corrected chi connectivity index (χ4v) is 5.44. The summed E-state index contributed by atoms with van der Waals surface area (Å²) in [5.41, 5.74) is 1.01. The van der Waals surface area contributed by atoms with Crippen LogP contribution in [0, 0.1) is 0 Å². The molecular weight excluding hydrogens is 414 g/mol. The summed E-state index contributed by atoms with van der Waals surface area (Å²) in [4.78, 5) is 22.9. The van der Waals surface area contributed by atoms with Crippen molar-refractivity contribution in [2.45, 2.75) is 24.7 Å². The minimum Gasteiger partial charge on any atom is -0.494 e. The Labute approximate surface area is 186 Å². The van der Waals surface area contributed by atoms with Gasteiger partial charge in [-0.3, -0.25) is 4.79 Å². The second kappa shape index (κ2) is 10.2. The van der Waals surface area contributed by atoms with Crippen LogP contribution in [0.3, 0.4) is 0 Å². The van der Waals surface area contributed by atoms with Gasteiger partial charge in [-0.25, -0.2) is 4.98 Å². The molecule has 4 rings (SSSR count). The van der Waals surface area contributed by atoms with Crippen LogP contribution in [-0.4, -0.2) is 54.3 Å². The van der Waals surface area contributed by atoms with Crippen molar-refractivity contribution in [1.29, 1.82) is 0 Å². The Morgan fingerprint density at radius 3 is 2.70 bits per heavy atom. The van der Waals surface area contributed by atoms with Gasteiger partial charge in [0, 0.05) is 37.5 Å². The van der Waals surface area contributed by atoms with Crippen LogP contribution in [0.2, 0.25) is 0 Å². The van der Waals surface area contributed by atoms with Crippen LogP contribution in [0.25, 0.3) is 10.2 Å². The number of hydrogen-bond donors (Lipinski definition) is 0. The lowest BCUT2D eigenvalue weighted by atomic mass is 10.2. The summed E-state index contributed by atoms with van der Waals surface area (Å²) in [7, 11) is 0. The third kappa shape index (κ3) is 5.26. The lowest BCUT2D eigenvalue weighted by Crippen LogP contribution is -2.48. The van der Waals surface area contributed by atoms with Crippen molar-refractivity contribution in [2.75, 3.05) is 43.4 Å². The zero-order valence-electron chi connectivity index (χ0n) is 17.3. The van der Waals surface area contributed by atoms with Crippen LogP contribution < -0.4 is 9.64 Å². The number of thiazole rings is 1. The molecule has 0 atom stereocenters. The summed E-state index contributed by atoms with van der Waals surface area (Å²) < 4.78 is 6.74. The molecule has 2 aromatic carbocycles. The number of carbonyl (C=O) groups is 1. The van der Waals surface area contributed by atoms with Crippen molar-refractivity contribution in [3.8, 4) is 5.75 Å². The molecule has 0 aliphatic carbocycles. The first-order chi connectivity index (χ1) is 14.7. The van der Waals surface area contributed by atoms with E-state index in [2.05, 4.69) is 35.2 Å². The third-order valence-corrected chi connectivity index (χ3v) is 7.29. The maximum Gasteiger partial charge on any atom is 0.222 e. The molecular formula is C23H27N3O2S2. The number of thioether (sulfide) groups is 1. The van der Waals surface area contributed by atoms with Crippen LogP contribution >= 0.6 is 23.1 Å². The Hall–Kier alpha value is -2.25. The van der Waals surface area contributed by atoms with E-state index < -0.39 is 0 Å². The lowest BCUT2D eigenvalue weighted by Gasteiger charge is -2.34. The largest absolute Gasteiger partial charge is 0.494 e. The summed E-state index contributed by atoms with van der Waals surface area (Å²) in [5.74, 6) is 2.14. The van der Waals surface area contributed by atoms with E-state index in [0.717, 1.165) is 59.5 Å². The summed E-state index contributed by atoms with van der Waals surface area (Å²) in [5, 5.41) is 1.03. The van der Waals surface area contributed by atoms with Gasteiger partial charge in [-0.2, -0.15) is 0 Å². The molecule has 158 valence electrons. The Balaban J connectivity index is 1.24. The van der Waals surface area contributed by atoms with E-state index in [0.29, 0.717) is 13.0 Å².